The molecule has 1 aromatic rings. The Morgan fingerprint density at radius 1 is 1.21 bits per heavy atom. The zero-order valence-electron chi connectivity index (χ0n) is 12.0. The van der Waals surface area contributed by atoms with Gasteiger partial charge in [-0.05, 0) is 56.2 Å². The maximum Gasteiger partial charge on any atom is 0.124 e. The van der Waals surface area contributed by atoms with Crippen LogP contribution in [0.1, 0.15) is 51.6 Å². The second-order valence-electron chi connectivity index (χ2n) is 6.13. The number of hydrogen-bond acceptors (Lipinski definition) is 2. The maximum absolute atomic E-state index is 6.24. The Labute approximate surface area is 124 Å². The van der Waals surface area contributed by atoms with Crippen LogP contribution in [-0.4, -0.2) is 6.10 Å². The van der Waals surface area contributed by atoms with Crippen molar-refractivity contribution in [2.45, 2.75) is 52.2 Å². The summed E-state index contributed by atoms with van der Waals surface area (Å²) < 4.78 is 7.30. The van der Waals surface area contributed by atoms with Crippen LogP contribution in [0, 0.1) is 11.8 Å². The Bertz CT molecular complexity index is 423. The largest absolute Gasteiger partial charge is 0.490 e. The van der Waals surface area contributed by atoms with Crippen LogP contribution in [0.3, 0.4) is 0 Å². The van der Waals surface area contributed by atoms with Crippen molar-refractivity contribution >= 4 is 15.9 Å². The summed E-state index contributed by atoms with van der Waals surface area (Å²) >= 11 is 3.50. The van der Waals surface area contributed by atoms with Gasteiger partial charge in [-0.25, -0.2) is 0 Å². The molecular weight excluding hydrogens is 302 g/mol. The average Bonchev–Trinajstić information content (AvgIpc) is 2.30. The third kappa shape index (κ3) is 3.96. The first kappa shape index (κ1) is 14.9. The van der Waals surface area contributed by atoms with Crippen LogP contribution >= 0.6 is 15.9 Å². The lowest BCUT2D eigenvalue weighted by molar-refractivity contribution is 0.0998. The van der Waals surface area contributed by atoms with E-state index in [0.717, 1.165) is 40.5 Å². The van der Waals surface area contributed by atoms with E-state index in [1.54, 1.807) is 0 Å². The van der Waals surface area contributed by atoms with Crippen LogP contribution < -0.4 is 10.5 Å². The number of halogens is 1. The Morgan fingerprint density at radius 3 is 2.42 bits per heavy atom. The number of benzene rings is 1. The molecule has 3 atom stereocenters. The van der Waals surface area contributed by atoms with Crippen LogP contribution in [0.5, 0.6) is 5.75 Å². The van der Waals surface area contributed by atoms with Gasteiger partial charge < -0.3 is 10.5 Å². The van der Waals surface area contributed by atoms with E-state index in [1.807, 2.05) is 19.1 Å². The number of rotatable bonds is 3. The van der Waals surface area contributed by atoms with Crippen molar-refractivity contribution in [2.75, 3.05) is 0 Å². The molecule has 3 heteroatoms. The standard InChI is InChI=1S/C16H24BrNO/c1-10-6-11(2)8-14(7-10)19-16-5-4-13(17)9-15(16)12(3)18/h4-5,9-12,14H,6-8,18H2,1-3H3. The van der Waals surface area contributed by atoms with Crippen LogP contribution in [0.25, 0.3) is 0 Å². The van der Waals surface area contributed by atoms with Crippen LogP contribution in [0.2, 0.25) is 0 Å². The van der Waals surface area contributed by atoms with Gasteiger partial charge in [0.25, 0.3) is 0 Å². The van der Waals surface area contributed by atoms with E-state index in [2.05, 4.69) is 35.8 Å². The van der Waals surface area contributed by atoms with Crippen molar-refractivity contribution in [1.29, 1.82) is 0 Å². The molecule has 1 fully saturated rings. The zero-order chi connectivity index (χ0) is 14.0. The van der Waals surface area contributed by atoms with Gasteiger partial charge in [-0.15, -0.1) is 0 Å². The Balaban J connectivity index is 2.14. The zero-order valence-corrected chi connectivity index (χ0v) is 13.6. The van der Waals surface area contributed by atoms with E-state index in [1.165, 1.54) is 6.42 Å². The molecule has 0 amide bonds. The van der Waals surface area contributed by atoms with Crippen molar-refractivity contribution in [3.05, 3.63) is 28.2 Å². The Morgan fingerprint density at radius 2 is 1.84 bits per heavy atom. The lowest BCUT2D eigenvalue weighted by Gasteiger charge is -2.32. The SMILES string of the molecule is CC1CC(C)CC(Oc2ccc(Br)cc2C(C)N)C1. The molecule has 0 heterocycles. The van der Waals surface area contributed by atoms with Crippen LogP contribution in [0.4, 0.5) is 0 Å². The van der Waals surface area contributed by atoms with E-state index < -0.39 is 0 Å². The fourth-order valence-electron chi connectivity index (χ4n) is 3.13. The first-order valence-corrected chi connectivity index (χ1v) is 7.96. The Kier molecular flexibility index (Phi) is 4.91. The van der Waals surface area contributed by atoms with Gasteiger partial charge in [0.05, 0.1) is 6.10 Å². The third-order valence-electron chi connectivity index (χ3n) is 3.89. The van der Waals surface area contributed by atoms with Crippen molar-refractivity contribution in [2.24, 2.45) is 17.6 Å². The smallest absolute Gasteiger partial charge is 0.124 e. The summed E-state index contributed by atoms with van der Waals surface area (Å²) in [5.74, 6) is 2.45. The Hall–Kier alpha value is -0.540. The first-order valence-electron chi connectivity index (χ1n) is 7.17. The predicted molar refractivity (Wildman–Crippen MR) is 83.3 cm³/mol. The van der Waals surface area contributed by atoms with Gasteiger partial charge in [0, 0.05) is 16.1 Å². The molecule has 0 radical (unpaired) electrons. The molecule has 0 aliphatic heterocycles. The lowest BCUT2D eigenvalue weighted by atomic mass is 9.82. The second-order valence-corrected chi connectivity index (χ2v) is 7.04. The summed E-state index contributed by atoms with van der Waals surface area (Å²) in [4.78, 5) is 0. The van der Waals surface area contributed by atoms with Crippen LogP contribution in [-0.2, 0) is 0 Å². The normalized spacial score (nSPS) is 29.0. The minimum absolute atomic E-state index is 0.00839. The number of ether oxygens (including phenoxy) is 1. The molecular formula is C16H24BrNO. The summed E-state index contributed by atoms with van der Waals surface area (Å²) in [6.45, 7) is 6.64. The molecule has 19 heavy (non-hydrogen) atoms. The molecule has 2 rings (SSSR count). The molecule has 106 valence electrons. The van der Waals surface area contributed by atoms with Gasteiger partial charge in [-0.1, -0.05) is 29.8 Å². The van der Waals surface area contributed by atoms with Gasteiger partial charge in [0.1, 0.15) is 5.75 Å². The highest BCUT2D eigenvalue weighted by Gasteiger charge is 2.26. The minimum atomic E-state index is -0.00839. The first-order chi connectivity index (χ1) is 8.95. The molecule has 3 unspecified atom stereocenters. The molecule has 0 aromatic heterocycles. The van der Waals surface area contributed by atoms with Gasteiger partial charge >= 0.3 is 0 Å². The summed E-state index contributed by atoms with van der Waals surface area (Å²) in [6, 6.07) is 6.12. The van der Waals surface area contributed by atoms with Gasteiger partial charge in [-0.2, -0.15) is 0 Å². The van der Waals surface area contributed by atoms with E-state index in [9.17, 15) is 0 Å². The van der Waals surface area contributed by atoms with Gasteiger partial charge in [0.2, 0.25) is 0 Å². The molecule has 2 nitrogen and oxygen atoms in total. The highest BCUT2D eigenvalue weighted by atomic mass is 79.9. The summed E-state index contributed by atoms with van der Waals surface area (Å²) in [5, 5.41) is 0. The highest BCUT2D eigenvalue weighted by Crippen LogP contribution is 2.34. The quantitative estimate of drug-likeness (QED) is 0.876. The molecule has 1 aromatic carbocycles. The maximum atomic E-state index is 6.24. The molecule has 0 spiro atoms. The van der Waals surface area contributed by atoms with E-state index in [-0.39, 0.29) is 6.04 Å². The number of hydrogen-bond donors (Lipinski definition) is 1. The summed E-state index contributed by atoms with van der Waals surface area (Å²) in [6.07, 6.45) is 3.95. The molecule has 2 N–H and O–H groups in total. The van der Waals surface area contributed by atoms with Gasteiger partial charge in [-0.3, -0.25) is 0 Å². The lowest BCUT2D eigenvalue weighted by Crippen LogP contribution is -2.29. The van der Waals surface area contributed by atoms with Crippen molar-refractivity contribution in [3.63, 3.8) is 0 Å². The highest BCUT2D eigenvalue weighted by molar-refractivity contribution is 9.10. The molecule has 0 bridgehead atoms. The fourth-order valence-corrected chi connectivity index (χ4v) is 3.51. The minimum Gasteiger partial charge on any atom is -0.490 e. The van der Waals surface area contributed by atoms with Gasteiger partial charge in [0.15, 0.2) is 0 Å². The summed E-state index contributed by atoms with van der Waals surface area (Å²) in [5.41, 5.74) is 7.13. The second kappa shape index (κ2) is 6.27. The van der Waals surface area contributed by atoms with Crippen molar-refractivity contribution < 1.29 is 4.74 Å². The molecule has 0 saturated heterocycles. The molecule has 1 saturated carbocycles. The molecule has 1 aliphatic carbocycles. The van der Waals surface area contributed by atoms with Crippen molar-refractivity contribution in [3.8, 4) is 5.75 Å². The third-order valence-corrected chi connectivity index (χ3v) is 4.38. The number of nitrogens with two attached hydrogens (primary N) is 1. The predicted octanol–water partition coefficient (Wildman–Crippen LogP) is 4.67. The topological polar surface area (TPSA) is 35.2 Å². The van der Waals surface area contributed by atoms with E-state index in [0.29, 0.717) is 6.10 Å². The average molecular weight is 326 g/mol. The fraction of sp³-hybridized carbons (Fsp3) is 0.625. The van der Waals surface area contributed by atoms with E-state index >= 15 is 0 Å². The monoisotopic (exact) mass is 325 g/mol. The molecule has 1 aliphatic rings. The summed E-state index contributed by atoms with van der Waals surface area (Å²) in [7, 11) is 0. The van der Waals surface area contributed by atoms with E-state index in [4.69, 9.17) is 10.5 Å². The van der Waals surface area contributed by atoms with Crippen LogP contribution in [0.15, 0.2) is 22.7 Å². The van der Waals surface area contributed by atoms with Crippen molar-refractivity contribution in [1.82, 2.24) is 0 Å².